The molecule has 1 unspecified atom stereocenters. The number of hydrogen-bond donors (Lipinski definition) is 2. The van der Waals surface area contributed by atoms with Crippen molar-refractivity contribution in [2.24, 2.45) is 0 Å². The van der Waals surface area contributed by atoms with Crippen LogP contribution < -0.4 is 10.1 Å². The van der Waals surface area contributed by atoms with Gasteiger partial charge >= 0.3 is 6.36 Å². The Bertz CT molecular complexity index is 456. The molecule has 0 aliphatic heterocycles. The van der Waals surface area contributed by atoms with E-state index in [0.717, 1.165) is 12.1 Å². The predicted octanol–water partition coefficient (Wildman–Crippen LogP) is 2.92. The van der Waals surface area contributed by atoms with Crippen LogP contribution >= 0.6 is 0 Å². The molecule has 7 heteroatoms. The van der Waals surface area contributed by atoms with Gasteiger partial charge in [-0.2, -0.15) is 0 Å². The van der Waals surface area contributed by atoms with E-state index in [2.05, 4.69) is 10.1 Å². The summed E-state index contributed by atoms with van der Waals surface area (Å²) in [7, 11) is 0. The molecule has 0 saturated carbocycles. The molecule has 4 nitrogen and oxygen atoms in total. The van der Waals surface area contributed by atoms with E-state index >= 15 is 0 Å². The van der Waals surface area contributed by atoms with Gasteiger partial charge in [0.05, 0.1) is 11.6 Å². The molecule has 0 aromatic heterocycles. The van der Waals surface area contributed by atoms with Gasteiger partial charge in [0.2, 0.25) is 6.41 Å². The molecule has 21 heavy (non-hydrogen) atoms. The van der Waals surface area contributed by atoms with Gasteiger partial charge in [0.25, 0.3) is 0 Å². The number of benzene rings is 1. The van der Waals surface area contributed by atoms with Gasteiger partial charge in [-0.25, -0.2) is 0 Å². The summed E-state index contributed by atoms with van der Waals surface area (Å²) in [5, 5.41) is 13.0. The molecule has 1 rings (SSSR count). The van der Waals surface area contributed by atoms with Crippen molar-refractivity contribution in [3.05, 3.63) is 29.8 Å². The first-order valence-corrected chi connectivity index (χ1v) is 6.53. The van der Waals surface area contributed by atoms with Gasteiger partial charge in [-0.1, -0.05) is 26.0 Å². The van der Waals surface area contributed by atoms with E-state index < -0.39 is 18.0 Å². The Labute approximate surface area is 120 Å². The van der Waals surface area contributed by atoms with Gasteiger partial charge < -0.3 is 15.2 Å². The lowest BCUT2D eigenvalue weighted by Gasteiger charge is -2.34. The summed E-state index contributed by atoms with van der Waals surface area (Å²) in [6, 6.07) is 4.36. The second-order valence-corrected chi connectivity index (χ2v) is 4.65. The molecule has 1 aromatic carbocycles. The van der Waals surface area contributed by atoms with E-state index in [1.54, 1.807) is 13.8 Å². The Kier molecular flexibility index (Phi) is 5.60. The lowest BCUT2D eigenvalue weighted by Crippen LogP contribution is -2.42. The van der Waals surface area contributed by atoms with Gasteiger partial charge in [0, 0.05) is 0 Å². The zero-order valence-electron chi connectivity index (χ0n) is 11.8. The summed E-state index contributed by atoms with van der Waals surface area (Å²) in [6.07, 6.45) is -3.53. The average molecular weight is 305 g/mol. The van der Waals surface area contributed by atoms with Crippen LogP contribution in [-0.2, 0) is 4.79 Å². The maximum atomic E-state index is 12.1. The monoisotopic (exact) mass is 305 g/mol. The van der Waals surface area contributed by atoms with Crippen LogP contribution in [0.15, 0.2) is 24.3 Å². The van der Waals surface area contributed by atoms with E-state index in [0.29, 0.717) is 24.8 Å². The Morgan fingerprint density at radius 2 is 1.76 bits per heavy atom. The summed E-state index contributed by atoms with van der Waals surface area (Å²) >= 11 is 0. The maximum Gasteiger partial charge on any atom is 0.573 e. The number of amides is 1. The third-order valence-corrected chi connectivity index (χ3v) is 3.44. The standard InChI is InChI=1S/C14H18F3NO3/c1-3-13(20,4-2)12(18-9-19)10-5-7-11(8-6-10)21-14(15,16)17/h5-9,12,20H,3-4H2,1-2H3,(H,18,19). The number of halogens is 3. The summed E-state index contributed by atoms with van der Waals surface area (Å²) in [4.78, 5) is 10.7. The highest BCUT2D eigenvalue weighted by Crippen LogP contribution is 2.33. The zero-order chi connectivity index (χ0) is 16.1. The molecule has 0 saturated heterocycles. The fourth-order valence-corrected chi connectivity index (χ4v) is 2.15. The van der Waals surface area contributed by atoms with Crippen LogP contribution in [0, 0.1) is 0 Å². The minimum absolute atomic E-state index is 0.354. The predicted molar refractivity (Wildman–Crippen MR) is 70.6 cm³/mol. The van der Waals surface area contributed by atoms with Crippen LogP contribution in [0.5, 0.6) is 5.75 Å². The molecular formula is C14H18F3NO3. The Hall–Kier alpha value is -1.76. The van der Waals surface area contributed by atoms with Crippen LogP contribution in [0.1, 0.15) is 38.3 Å². The molecule has 0 radical (unpaired) electrons. The highest BCUT2D eigenvalue weighted by molar-refractivity contribution is 5.49. The van der Waals surface area contributed by atoms with E-state index in [1.165, 1.54) is 12.1 Å². The van der Waals surface area contributed by atoms with Gasteiger partial charge in [-0.05, 0) is 30.5 Å². The molecule has 2 N–H and O–H groups in total. The Morgan fingerprint density at radius 1 is 1.24 bits per heavy atom. The van der Waals surface area contributed by atoms with Crippen molar-refractivity contribution in [3.63, 3.8) is 0 Å². The first-order chi connectivity index (χ1) is 9.75. The minimum Gasteiger partial charge on any atom is -0.406 e. The first-order valence-electron chi connectivity index (χ1n) is 6.53. The van der Waals surface area contributed by atoms with E-state index in [1.807, 2.05) is 0 Å². The third-order valence-electron chi connectivity index (χ3n) is 3.44. The normalized spacial score (nSPS) is 13.6. The van der Waals surface area contributed by atoms with Crippen molar-refractivity contribution in [1.29, 1.82) is 0 Å². The van der Waals surface area contributed by atoms with Crippen molar-refractivity contribution >= 4 is 6.41 Å². The number of ether oxygens (including phenoxy) is 1. The molecule has 1 amide bonds. The number of hydrogen-bond acceptors (Lipinski definition) is 3. The topological polar surface area (TPSA) is 58.6 Å². The molecule has 0 fully saturated rings. The number of alkyl halides is 3. The summed E-state index contributed by atoms with van der Waals surface area (Å²) < 4.78 is 40.1. The molecular weight excluding hydrogens is 287 g/mol. The van der Waals surface area contributed by atoms with Crippen molar-refractivity contribution < 1.29 is 27.8 Å². The van der Waals surface area contributed by atoms with Crippen LogP contribution in [-0.4, -0.2) is 23.5 Å². The average Bonchev–Trinajstić information content (AvgIpc) is 2.43. The highest BCUT2D eigenvalue weighted by Gasteiger charge is 2.35. The second kappa shape index (κ2) is 6.80. The number of aliphatic hydroxyl groups is 1. The molecule has 1 atom stereocenters. The van der Waals surface area contributed by atoms with Crippen molar-refractivity contribution in [1.82, 2.24) is 5.32 Å². The molecule has 0 heterocycles. The summed E-state index contributed by atoms with van der Waals surface area (Å²) in [5.74, 6) is -0.354. The summed E-state index contributed by atoms with van der Waals surface area (Å²) in [6.45, 7) is 3.54. The second-order valence-electron chi connectivity index (χ2n) is 4.65. The minimum atomic E-state index is -4.75. The quantitative estimate of drug-likeness (QED) is 0.762. The lowest BCUT2D eigenvalue weighted by atomic mass is 9.84. The number of rotatable bonds is 7. The molecule has 0 aliphatic carbocycles. The van der Waals surface area contributed by atoms with Crippen LogP contribution in [0.25, 0.3) is 0 Å². The van der Waals surface area contributed by atoms with Crippen LogP contribution in [0.3, 0.4) is 0 Å². The van der Waals surface area contributed by atoms with Gasteiger partial charge in [0.1, 0.15) is 5.75 Å². The maximum absolute atomic E-state index is 12.1. The fourth-order valence-electron chi connectivity index (χ4n) is 2.15. The third kappa shape index (κ3) is 4.63. The SMILES string of the molecule is CCC(O)(CC)C(NC=O)c1ccc(OC(F)(F)F)cc1. The van der Waals surface area contributed by atoms with Gasteiger partial charge in [-0.15, -0.1) is 13.2 Å². The molecule has 0 aliphatic rings. The number of nitrogens with one attached hydrogen (secondary N) is 1. The van der Waals surface area contributed by atoms with E-state index in [-0.39, 0.29) is 5.75 Å². The largest absolute Gasteiger partial charge is 0.573 e. The smallest absolute Gasteiger partial charge is 0.406 e. The zero-order valence-corrected chi connectivity index (χ0v) is 11.8. The molecule has 1 aromatic rings. The van der Waals surface area contributed by atoms with Crippen LogP contribution in [0.2, 0.25) is 0 Å². The van der Waals surface area contributed by atoms with Crippen molar-refractivity contribution in [3.8, 4) is 5.75 Å². The fraction of sp³-hybridized carbons (Fsp3) is 0.500. The van der Waals surface area contributed by atoms with Gasteiger partial charge in [-0.3, -0.25) is 4.79 Å². The number of carbonyl (C=O) groups excluding carboxylic acids is 1. The van der Waals surface area contributed by atoms with Crippen LogP contribution in [0.4, 0.5) is 13.2 Å². The lowest BCUT2D eigenvalue weighted by molar-refractivity contribution is -0.274. The van der Waals surface area contributed by atoms with Gasteiger partial charge in [0.15, 0.2) is 0 Å². The molecule has 0 bridgehead atoms. The first kappa shape index (κ1) is 17.3. The molecule has 0 spiro atoms. The van der Waals surface area contributed by atoms with Crippen molar-refractivity contribution in [2.45, 2.75) is 44.7 Å². The Morgan fingerprint density at radius 3 is 2.14 bits per heavy atom. The summed E-state index contributed by atoms with van der Waals surface area (Å²) in [5.41, 5.74) is -0.671. The van der Waals surface area contributed by atoms with E-state index in [9.17, 15) is 23.1 Å². The molecule has 118 valence electrons. The van der Waals surface area contributed by atoms with E-state index in [4.69, 9.17) is 0 Å². The Balaban J connectivity index is 3.02. The highest BCUT2D eigenvalue weighted by atomic mass is 19.4. The van der Waals surface area contributed by atoms with Crippen molar-refractivity contribution in [2.75, 3.05) is 0 Å². The number of carbonyl (C=O) groups is 1.